The first-order valence-corrected chi connectivity index (χ1v) is 10.4. The first-order chi connectivity index (χ1) is 13.3. The van der Waals surface area contributed by atoms with Gasteiger partial charge in [-0.2, -0.15) is 4.31 Å². The summed E-state index contributed by atoms with van der Waals surface area (Å²) in [7, 11) is -0.776. The Labute approximate surface area is 165 Å². The van der Waals surface area contributed by atoms with Gasteiger partial charge in [0.25, 0.3) is 0 Å². The number of hydrogen-bond acceptors (Lipinski definition) is 5. The monoisotopic (exact) mass is 404 g/mol. The lowest BCUT2D eigenvalue weighted by Crippen LogP contribution is -2.40. The summed E-state index contributed by atoms with van der Waals surface area (Å²) < 4.78 is 37.7. The lowest BCUT2D eigenvalue weighted by molar-refractivity contribution is -0.131. The van der Waals surface area contributed by atoms with E-state index in [2.05, 4.69) is 0 Å². The lowest BCUT2D eigenvalue weighted by Gasteiger charge is -2.27. The van der Waals surface area contributed by atoms with Crippen molar-refractivity contribution < 1.29 is 22.7 Å². The molecule has 0 fully saturated rings. The zero-order valence-electron chi connectivity index (χ0n) is 16.2. The second kappa shape index (κ2) is 8.20. The quantitative estimate of drug-likeness (QED) is 0.738. The highest BCUT2D eigenvalue weighted by molar-refractivity contribution is 7.89. The van der Waals surface area contributed by atoms with Crippen molar-refractivity contribution in [1.82, 2.24) is 9.21 Å². The molecule has 7 nitrogen and oxygen atoms in total. The van der Waals surface area contributed by atoms with Gasteiger partial charge in [-0.05, 0) is 24.6 Å². The minimum atomic E-state index is -3.84. The van der Waals surface area contributed by atoms with Crippen LogP contribution in [-0.4, -0.2) is 57.4 Å². The fourth-order valence-electron chi connectivity index (χ4n) is 2.92. The molecule has 0 aromatic heterocycles. The van der Waals surface area contributed by atoms with Crippen molar-refractivity contribution in [3.8, 4) is 11.5 Å². The number of hydrogen-bond donors (Lipinski definition) is 0. The van der Waals surface area contributed by atoms with Crippen molar-refractivity contribution in [2.24, 2.45) is 0 Å². The minimum absolute atomic E-state index is 0.0609. The Kier molecular flexibility index (Phi) is 5.90. The molecule has 0 saturated carbocycles. The molecule has 0 radical (unpaired) electrons. The summed E-state index contributed by atoms with van der Waals surface area (Å²) in [5.41, 5.74) is 0.982. The molecule has 0 aliphatic carbocycles. The SMILES string of the molecule is CC(c1ccccc1)N(C)C(=O)CN(C)S(=O)(=O)c1ccc2c(c1)OCCO2. The second-order valence-corrected chi connectivity index (χ2v) is 8.70. The standard InChI is InChI=1S/C20H24N2O5S/c1-15(16-7-5-4-6-8-16)22(3)20(23)14-21(2)28(24,25)17-9-10-18-19(13-17)27-12-11-26-18/h4-10,13,15H,11-12,14H2,1-3H3. The molecule has 1 amide bonds. The molecule has 1 unspecified atom stereocenters. The number of amides is 1. The molecule has 1 heterocycles. The summed E-state index contributed by atoms with van der Waals surface area (Å²) >= 11 is 0. The topological polar surface area (TPSA) is 76.2 Å². The van der Waals surface area contributed by atoms with Crippen LogP contribution in [0.4, 0.5) is 0 Å². The van der Waals surface area contributed by atoms with Crippen molar-refractivity contribution in [1.29, 1.82) is 0 Å². The van der Waals surface area contributed by atoms with E-state index in [4.69, 9.17) is 9.47 Å². The van der Waals surface area contributed by atoms with Gasteiger partial charge in [-0.15, -0.1) is 0 Å². The molecule has 1 aliphatic rings. The normalized spacial score (nSPS) is 14.6. The first-order valence-electron chi connectivity index (χ1n) is 8.97. The Bertz CT molecular complexity index is 946. The summed E-state index contributed by atoms with van der Waals surface area (Å²) in [5, 5.41) is 0. The van der Waals surface area contributed by atoms with E-state index in [1.165, 1.54) is 19.2 Å². The molecule has 0 bridgehead atoms. The van der Waals surface area contributed by atoms with Crippen LogP contribution in [0.25, 0.3) is 0 Å². The van der Waals surface area contributed by atoms with Crippen LogP contribution in [0.2, 0.25) is 0 Å². The molecule has 0 N–H and O–H groups in total. The van der Waals surface area contributed by atoms with Gasteiger partial charge in [0.2, 0.25) is 15.9 Å². The van der Waals surface area contributed by atoms with E-state index in [-0.39, 0.29) is 23.4 Å². The number of benzene rings is 2. The van der Waals surface area contributed by atoms with Crippen LogP contribution in [0.3, 0.4) is 0 Å². The molecule has 150 valence electrons. The van der Waals surface area contributed by atoms with Crippen molar-refractivity contribution >= 4 is 15.9 Å². The average molecular weight is 404 g/mol. The maximum absolute atomic E-state index is 12.9. The molecule has 0 spiro atoms. The Hall–Kier alpha value is -2.58. The summed E-state index contributed by atoms with van der Waals surface area (Å²) in [5.74, 6) is 0.613. The fraction of sp³-hybridized carbons (Fsp3) is 0.350. The number of likely N-dealkylation sites (N-methyl/N-ethyl adjacent to an activating group) is 2. The number of sulfonamides is 1. The molecule has 1 aliphatic heterocycles. The smallest absolute Gasteiger partial charge is 0.243 e. The minimum Gasteiger partial charge on any atom is -0.486 e. The number of carbonyl (C=O) groups excluding carboxylic acids is 1. The zero-order valence-corrected chi connectivity index (χ0v) is 17.0. The van der Waals surface area contributed by atoms with Gasteiger partial charge in [0.1, 0.15) is 13.2 Å². The number of carbonyl (C=O) groups is 1. The zero-order chi connectivity index (χ0) is 20.3. The van der Waals surface area contributed by atoms with Crippen molar-refractivity contribution in [3.63, 3.8) is 0 Å². The summed E-state index contributed by atoms with van der Waals surface area (Å²) in [6.45, 7) is 2.44. The van der Waals surface area contributed by atoms with E-state index in [1.807, 2.05) is 37.3 Å². The number of nitrogens with zero attached hydrogens (tertiary/aromatic N) is 2. The lowest BCUT2D eigenvalue weighted by atomic mass is 10.1. The van der Waals surface area contributed by atoms with Crippen LogP contribution in [0.15, 0.2) is 53.4 Å². The molecule has 2 aromatic carbocycles. The maximum Gasteiger partial charge on any atom is 0.243 e. The molecule has 0 saturated heterocycles. The van der Waals surface area contributed by atoms with Crippen molar-refractivity contribution in [2.45, 2.75) is 17.9 Å². The van der Waals surface area contributed by atoms with Gasteiger partial charge in [-0.1, -0.05) is 30.3 Å². The van der Waals surface area contributed by atoms with Crippen molar-refractivity contribution in [3.05, 3.63) is 54.1 Å². The molecular weight excluding hydrogens is 380 g/mol. The average Bonchev–Trinajstić information content (AvgIpc) is 2.72. The highest BCUT2D eigenvalue weighted by atomic mass is 32.2. The molecule has 8 heteroatoms. The first kappa shape index (κ1) is 20.2. The predicted octanol–water partition coefficient (Wildman–Crippen LogP) is 2.30. The molecular formula is C20H24N2O5S. The van der Waals surface area contributed by atoms with E-state index in [9.17, 15) is 13.2 Å². The summed E-state index contributed by atoms with van der Waals surface area (Å²) in [6, 6.07) is 13.9. The fourth-order valence-corrected chi connectivity index (χ4v) is 4.06. The van der Waals surface area contributed by atoms with E-state index in [1.54, 1.807) is 18.0 Å². The third kappa shape index (κ3) is 4.13. The maximum atomic E-state index is 12.9. The van der Waals surface area contributed by atoms with Crippen LogP contribution in [0.5, 0.6) is 11.5 Å². The van der Waals surface area contributed by atoms with Gasteiger partial charge in [0, 0.05) is 20.2 Å². The van der Waals surface area contributed by atoms with Gasteiger partial charge in [-0.25, -0.2) is 8.42 Å². The number of fused-ring (bicyclic) bond motifs is 1. The van der Waals surface area contributed by atoms with E-state index >= 15 is 0 Å². The van der Waals surface area contributed by atoms with E-state index in [0.29, 0.717) is 24.7 Å². The summed E-state index contributed by atoms with van der Waals surface area (Å²) in [4.78, 5) is 14.3. The number of rotatable bonds is 6. The molecule has 28 heavy (non-hydrogen) atoms. The van der Waals surface area contributed by atoms with Crippen LogP contribution in [0, 0.1) is 0 Å². The van der Waals surface area contributed by atoms with Crippen LogP contribution < -0.4 is 9.47 Å². The van der Waals surface area contributed by atoms with E-state index in [0.717, 1.165) is 9.87 Å². The highest BCUT2D eigenvalue weighted by Gasteiger charge is 2.27. The molecule has 2 aromatic rings. The largest absolute Gasteiger partial charge is 0.486 e. The van der Waals surface area contributed by atoms with Gasteiger partial charge >= 0.3 is 0 Å². The molecule has 1 atom stereocenters. The number of ether oxygens (including phenoxy) is 2. The van der Waals surface area contributed by atoms with Gasteiger partial charge in [-0.3, -0.25) is 4.79 Å². The Morgan fingerprint density at radius 2 is 1.68 bits per heavy atom. The van der Waals surface area contributed by atoms with E-state index < -0.39 is 10.0 Å². The Morgan fingerprint density at radius 1 is 1.04 bits per heavy atom. The second-order valence-electron chi connectivity index (χ2n) is 6.66. The predicted molar refractivity (Wildman–Crippen MR) is 105 cm³/mol. The van der Waals surface area contributed by atoms with Crippen LogP contribution in [-0.2, 0) is 14.8 Å². The van der Waals surface area contributed by atoms with Crippen LogP contribution in [0.1, 0.15) is 18.5 Å². The summed E-state index contributed by atoms with van der Waals surface area (Å²) in [6.07, 6.45) is 0. The highest BCUT2D eigenvalue weighted by Crippen LogP contribution is 2.33. The third-order valence-electron chi connectivity index (χ3n) is 4.84. The van der Waals surface area contributed by atoms with Gasteiger partial charge < -0.3 is 14.4 Å². The van der Waals surface area contributed by atoms with Crippen molar-refractivity contribution in [2.75, 3.05) is 33.9 Å². The molecule has 3 rings (SSSR count). The Morgan fingerprint density at radius 3 is 2.36 bits per heavy atom. The third-order valence-corrected chi connectivity index (χ3v) is 6.64. The van der Waals surface area contributed by atoms with Crippen LogP contribution >= 0.6 is 0 Å². The van der Waals surface area contributed by atoms with Gasteiger partial charge in [0.15, 0.2) is 11.5 Å². The van der Waals surface area contributed by atoms with Gasteiger partial charge in [0.05, 0.1) is 17.5 Å². The Balaban J connectivity index is 1.72.